The number of hydrogen-bond donors (Lipinski definition) is 0. The summed E-state index contributed by atoms with van der Waals surface area (Å²) in [7, 11) is 0. The molecule has 0 amide bonds. The Labute approximate surface area is 63.9 Å². The van der Waals surface area contributed by atoms with Crippen LogP contribution in [-0.4, -0.2) is 19.6 Å². The molecule has 0 saturated carbocycles. The van der Waals surface area contributed by atoms with Gasteiger partial charge in [-0.05, 0) is 6.07 Å². The predicted octanol–water partition coefficient (Wildman–Crippen LogP) is 0.697. The summed E-state index contributed by atoms with van der Waals surface area (Å²) in [6, 6.07) is 1.89. The Kier molecular flexibility index (Phi) is 1.31. The molecule has 0 fully saturated rings. The minimum absolute atomic E-state index is 0.639. The predicted molar refractivity (Wildman–Crippen MR) is 39.9 cm³/mol. The SMILES string of the molecule is C[CH]c1ccnc2ncnn12. The molecule has 0 aliphatic carbocycles. The number of rotatable bonds is 1. The zero-order valence-electron chi connectivity index (χ0n) is 6.10. The minimum Gasteiger partial charge on any atom is -0.220 e. The lowest BCUT2D eigenvalue weighted by Gasteiger charge is -1.96. The molecule has 0 unspecified atom stereocenters. The van der Waals surface area contributed by atoms with Crippen LogP contribution in [0.5, 0.6) is 0 Å². The molecule has 11 heavy (non-hydrogen) atoms. The summed E-state index contributed by atoms with van der Waals surface area (Å²) in [5.41, 5.74) is 1.01. The Morgan fingerprint density at radius 1 is 1.45 bits per heavy atom. The summed E-state index contributed by atoms with van der Waals surface area (Å²) >= 11 is 0. The molecule has 1 radical (unpaired) electrons. The topological polar surface area (TPSA) is 43.1 Å². The summed E-state index contributed by atoms with van der Waals surface area (Å²) in [6.07, 6.45) is 5.18. The second kappa shape index (κ2) is 2.30. The van der Waals surface area contributed by atoms with Crippen molar-refractivity contribution in [2.24, 2.45) is 0 Å². The van der Waals surface area contributed by atoms with E-state index in [1.165, 1.54) is 6.33 Å². The van der Waals surface area contributed by atoms with E-state index in [-0.39, 0.29) is 0 Å². The van der Waals surface area contributed by atoms with Crippen molar-refractivity contribution in [3.8, 4) is 0 Å². The van der Waals surface area contributed by atoms with Gasteiger partial charge in [0.1, 0.15) is 6.33 Å². The first-order valence-electron chi connectivity index (χ1n) is 3.36. The third-order valence-electron chi connectivity index (χ3n) is 1.51. The Bertz CT molecular complexity index is 365. The second-order valence-electron chi connectivity index (χ2n) is 2.13. The Morgan fingerprint density at radius 3 is 3.18 bits per heavy atom. The highest BCUT2D eigenvalue weighted by molar-refractivity contribution is 5.28. The van der Waals surface area contributed by atoms with Gasteiger partial charge in [0.2, 0.25) is 0 Å². The molecule has 0 aliphatic heterocycles. The summed E-state index contributed by atoms with van der Waals surface area (Å²) in [5.74, 6) is 0.639. The molecule has 55 valence electrons. The monoisotopic (exact) mass is 147 g/mol. The standard InChI is InChI=1S/C7H7N4/c1-2-6-3-4-8-7-9-5-10-11(6)7/h2-5H,1H3. The van der Waals surface area contributed by atoms with Crippen molar-refractivity contribution < 1.29 is 0 Å². The normalized spacial score (nSPS) is 10.6. The van der Waals surface area contributed by atoms with Crippen molar-refractivity contribution in [2.75, 3.05) is 0 Å². The third kappa shape index (κ3) is 0.869. The largest absolute Gasteiger partial charge is 0.252 e. The van der Waals surface area contributed by atoms with E-state index in [0.29, 0.717) is 5.78 Å². The Morgan fingerprint density at radius 2 is 2.36 bits per heavy atom. The zero-order chi connectivity index (χ0) is 7.68. The van der Waals surface area contributed by atoms with E-state index in [1.54, 1.807) is 10.7 Å². The molecule has 0 aromatic carbocycles. The molecule has 2 heterocycles. The number of hydrogen-bond acceptors (Lipinski definition) is 3. The van der Waals surface area contributed by atoms with Crippen LogP contribution in [0.15, 0.2) is 18.6 Å². The van der Waals surface area contributed by atoms with Gasteiger partial charge in [0, 0.05) is 12.6 Å². The molecule has 2 rings (SSSR count). The molecular weight excluding hydrogens is 140 g/mol. The van der Waals surface area contributed by atoms with Crippen molar-refractivity contribution in [1.29, 1.82) is 0 Å². The minimum atomic E-state index is 0.639. The summed E-state index contributed by atoms with van der Waals surface area (Å²) < 4.78 is 1.69. The quantitative estimate of drug-likeness (QED) is 0.596. The van der Waals surface area contributed by atoms with Crippen LogP contribution >= 0.6 is 0 Å². The van der Waals surface area contributed by atoms with E-state index >= 15 is 0 Å². The van der Waals surface area contributed by atoms with Crippen LogP contribution in [0.4, 0.5) is 0 Å². The van der Waals surface area contributed by atoms with Gasteiger partial charge >= 0.3 is 0 Å². The highest BCUT2D eigenvalue weighted by atomic mass is 15.3. The fourth-order valence-corrected chi connectivity index (χ4v) is 0.975. The summed E-state index contributed by atoms with van der Waals surface area (Å²) in [4.78, 5) is 7.97. The lowest BCUT2D eigenvalue weighted by Crippen LogP contribution is -1.96. The molecule has 2 aromatic rings. The lowest BCUT2D eigenvalue weighted by molar-refractivity contribution is 0.900. The van der Waals surface area contributed by atoms with Crippen molar-refractivity contribution >= 4 is 5.78 Å². The van der Waals surface area contributed by atoms with E-state index in [1.807, 2.05) is 19.4 Å². The summed E-state index contributed by atoms with van der Waals surface area (Å²) in [6.45, 7) is 1.95. The van der Waals surface area contributed by atoms with Gasteiger partial charge in [-0.1, -0.05) is 6.92 Å². The average Bonchev–Trinajstić information content (AvgIpc) is 2.50. The van der Waals surface area contributed by atoms with E-state index in [4.69, 9.17) is 0 Å². The first-order chi connectivity index (χ1) is 5.42. The second-order valence-corrected chi connectivity index (χ2v) is 2.13. The smallest absolute Gasteiger partial charge is 0.220 e. The molecule has 0 spiro atoms. The molecule has 0 aliphatic rings. The fraction of sp³-hybridized carbons (Fsp3) is 0.143. The van der Waals surface area contributed by atoms with Gasteiger partial charge in [-0.25, -0.2) is 9.50 Å². The van der Waals surface area contributed by atoms with Crippen molar-refractivity contribution in [2.45, 2.75) is 6.92 Å². The highest BCUT2D eigenvalue weighted by Crippen LogP contribution is 2.01. The first kappa shape index (κ1) is 6.27. The van der Waals surface area contributed by atoms with Crippen molar-refractivity contribution in [3.63, 3.8) is 0 Å². The van der Waals surface area contributed by atoms with Crippen LogP contribution in [-0.2, 0) is 0 Å². The molecule has 0 atom stereocenters. The Hall–Kier alpha value is -1.45. The molecule has 0 saturated heterocycles. The van der Waals surface area contributed by atoms with E-state index in [2.05, 4.69) is 15.1 Å². The van der Waals surface area contributed by atoms with Crippen LogP contribution in [0.3, 0.4) is 0 Å². The van der Waals surface area contributed by atoms with Gasteiger partial charge in [0.25, 0.3) is 5.78 Å². The van der Waals surface area contributed by atoms with Gasteiger partial charge in [-0.15, -0.1) is 0 Å². The maximum Gasteiger partial charge on any atom is 0.252 e. The first-order valence-corrected chi connectivity index (χ1v) is 3.36. The third-order valence-corrected chi connectivity index (χ3v) is 1.51. The fourth-order valence-electron chi connectivity index (χ4n) is 0.975. The number of fused-ring (bicyclic) bond motifs is 1. The van der Waals surface area contributed by atoms with Gasteiger partial charge in [-0.2, -0.15) is 10.1 Å². The highest BCUT2D eigenvalue weighted by Gasteiger charge is 1.98. The molecule has 0 N–H and O–H groups in total. The molecule has 4 nitrogen and oxygen atoms in total. The molecule has 0 bridgehead atoms. The van der Waals surface area contributed by atoms with Gasteiger partial charge < -0.3 is 0 Å². The van der Waals surface area contributed by atoms with Crippen LogP contribution in [0.2, 0.25) is 0 Å². The molecule has 2 aromatic heterocycles. The van der Waals surface area contributed by atoms with Gasteiger partial charge in [0.15, 0.2) is 0 Å². The maximum atomic E-state index is 4.02. The van der Waals surface area contributed by atoms with Crippen LogP contribution in [0, 0.1) is 6.42 Å². The van der Waals surface area contributed by atoms with Crippen LogP contribution in [0.25, 0.3) is 5.78 Å². The van der Waals surface area contributed by atoms with E-state index in [0.717, 1.165) is 5.69 Å². The molecular formula is C7H7N4. The zero-order valence-corrected chi connectivity index (χ0v) is 6.10. The van der Waals surface area contributed by atoms with Crippen molar-refractivity contribution in [3.05, 3.63) is 30.7 Å². The van der Waals surface area contributed by atoms with E-state index < -0.39 is 0 Å². The maximum absolute atomic E-state index is 4.02. The Balaban J connectivity index is 2.79. The van der Waals surface area contributed by atoms with Gasteiger partial charge in [0.05, 0.1) is 5.69 Å². The number of aromatic nitrogens is 4. The molecule has 4 heteroatoms. The van der Waals surface area contributed by atoms with Crippen LogP contribution in [0.1, 0.15) is 12.6 Å². The van der Waals surface area contributed by atoms with E-state index in [9.17, 15) is 0 Å². The number of nitrogens with zero attached hydrogens (tertiary/aromatic N) is 4. The van der Waals surface area contributed by atoms with Gasteiger partial charge in [-0.3, -0.25) is 0 Å². The van der Waals surface area contributed by atoms with Crippen molar-refractivity contribution in [1.82, 2.24) is 19.6 Å². The summed E-state index contributed by atoms with van der Waals surface area (Å²) in [5, 5.41) is 4.00. The lowest BCUT2D eigenvalue weighted by atomic mass is 10.3. The van der Waals surface area contributed by atoms with Crippen LogP contribution < -0.4 is 0 Å². The average molecular weight is 147 g/mol.